The second-order valence-electron chi connectivity index (χ2n) is 5.96. The van der Waals surface area contributed by atoms with Gasteiger partial charge in [-0.15, -0.1) is 0 Å². The number of imide groups is 1. The molecular formula is C16H18N2O8. The van der Waals surface area contributed by atoms with Crippen LogP contribution in [0.3, 0.4) is 0 Å². The lowest BCUT2D eigenvalue weighted by Gasteiger charge is -2.36. The largest absolute Gasteiger partial charge is 0.459 e. The standard InChI is InChI=1S/C16H18N2O8/c19-10-6-11(20)18(16(24)17-10)14-13(22)12(21)9(26-14)7-25-15(23)8-4-2-1-3-5-8/h1-5,9,11-14,20-22H,6-7H2,(H,17,19,24)/t9-,11?,12-,13-,14-/m1/s1. The quantitative estimate of drug-likeness (QED) is 0.474. The fraction of sp³-hybridized carbons (Fsp3) is 0.438. The van der Waals surface area contributed by atoms with Crippen LogP contribution in [0, 0.1) is 0 Å². The Morgan fingerprint density at radius 2 is 1.88 bits per heavy atom. The first-order valence-corrected chi connectivity index (χ1v) is 7.92. The Morgan fingerprint density at radius 1 is 1.19 bits per heavy atom. The van der Waals surface area contributed by atoms with E-state index in [2.05, 4.69) is 0 Å². The van der Waals surface area contributed by atoms with E-state index < -0.39 is 48.7 Å². The summed E-state index contributed by atoms with van der Waals surface area (Å²) >= 11 is 0. The van der Waals surface area contributed by atoms with Gasteiger partial charge in [-0.05, 0) is 12.1 Å². The predicted molar refractivity (Wildman–Crippen MR) is 83.4 cm³/mol. The van der Waals surface area contributed by atoms with Crippen LogP contribution in [0.15, 0.2) is 30.3 Å². The van der Waals surface area contributed by atoms with E-state index in [9.17, 15) is 29.7 Å². The van der Waals surface area contributed by atoms with Crippen molar-refractivity contribution in [1.29, 1.82) is 0 Å². The van der Waals surface area contributed by atoms with Crippen LogP contribution < -0.4 is 5.32 Å². The zero-order valence-electron chi connectivity index (χ0n) is 13.5. The number of ether oxygens (including phenoxy) is 2. The SMILES string of the molecule is O=C1CC(O)N([C@@H]2O[C@H](COC(=O)c3ccccc3)[C@@H](O)[C@H]2O)C(=O)N1. The molecule has 2 aliphatic heterocycles. The molecule has 26 heavy (non-hydrogen) atoms. The van der Waals surface area contributed by atoms with Gasteiger partial charge in [-0.1, -0.05) is 18.2 Å². The maximum Gasteiger partial charge on any atom is 0.338 e. The lowest BCUT2D eigenvalue weighted by Crippen LogP contribution is -2.61. The van der Waals surface area contributed by atoms with Crippen LogP contribution >= 0.6 is 0 Å². The molecule has 0 aromatic heterocycles. The molecule has 0 bridgehead atoms. The topological polar surface area (TPSA) is 146 Å². The molecule has 5 atom stereocenters. The van der Waals surface area contributed by atoms with Gasteiger partial charge in [-0.25, -0.2) is 9.59 Å². The van der Waals surface area contributed by atoms with Crippen LogP contribution in [0.25, 0.3) is 0 Å². The maximum atomic E-state index is 11.9. The highest BCUT2D eigenvalue weighted by Gasteiger charge is 2.50. The molecule has 2 heterocycles. The molecule has 1 unspecified atom stereocenters. The van der Waals surface area contributed by atoms with Gasteiger partial charge in [0.25, 0.3) is 0 Å². The van der Waals surface area contributed by atoms with E-state index >= 15 is 0 Å². The Morgan fingerprint density at radius 3 is 2.54 bits per heavy atom. The van der Waals surface area contributed by atoms with E-state index in [1.54, 1.807) is 30.3 Å². The fourth-order valence-electron chi connectivity index (χ4n) is 2.83. The molecule has 1 aromatic rings. The van der Waals surface area contributed by atoms with Crippen LogP contribution in [-0.2, 0) is 14.3 Å². The van der Waals surface area contributed by atoms with Gasteiger partial charge < -0.3 is 24.8 Å². The minimum Gasteiger partial charge on any atom is -0.459 e. The molecule has 3 amide bonds. The monoisotopic (exact) mass is 366 g/mol. The van der Waals surface area contributed by atoms with E-state index in [1.165, 1.54) is 0 Å². The third kappa shape index (κ3) is 3.53. The van der Waals surface area contributed by atoms with E-state index in [0.717, 1.165) is 4.90 Å². The summed E-state index contributed by atoms with van der Waals surface area (Å²) in [6.07, 6.45) is -7.41. The third-order valence-electron chi connectivity index (χ3n) is 4.17. The highest BCUT2D eigenvalue weighted by atomic mass is 16.6. The summed E-state index contributed by atoms with van der Waals surface area (Å²) in [6.45, 7) is -0.368. The van der Waals surface area contributed by atoms with Crippen molar-refractivity contribution in [3.63, 3.8) is 0 Å². The normalized spacial score (nSPS) is 31.7. The number of hydrogen-bond donors (Lipinski definition) is 4. The number of nitrogens with one attached hydrogen (secondary N) is 1. The molecule has 140 valence electrons. The Bertz CT molecular complexity index is 697. The summed E-state index contributed by atoms with van der Waals surface area (Å²) in [5.74, 6) is -1.30. The van der Waals surface area contributed by atoms with Crippen LogP contribution in [-0.4, -0.2) is 75.5 Å². The van der Waals surface area contributed by atoms with E-state index in [1.807, 2.05) is 5.32 Å². The summed E-state index contributed by atoms with van der Waals surface area (Å²) < 4.78 is 10.5. The van der Waals surface area contributed by atoms with Crippen molar-refractivity contribution in [1.82, 2.24) is 10.2 Å². The Kier molecular flexibility index (Phi) is 5.18. The Hall–Kier alpha value is -2.53. The van der Waals surface area contributed by atoms with Crippen molar-refractivity contribution in [2.75, 3.05) is 6.61 Å². The summed E-state index contributed by atoms with van der Waals surface area (Å²) in [5.41, 5.74) is 0.307. The number of aliphatic hydroxyl groups is 3. The molecule has 0 aliphatic carbocycles. The number of carbonyl (C=O) groups excluding carboxylic acids is 3. The molecule has 3 rings (SSSR count). The number of benzene rings is 1. The molecule has 2 saturated heterocycles. The average molecular weight is 366 g/mol. The van der Waals surface area contributed by atoms with Crippen LogP contribution in [0.1, 0.15) is 16.8 Å². The number of hydrogen-bond acceptors (Lipinski definition) is 8. The smallest absolute Gasteiger partial charge is 0.338 e. The lowest BCUT2D eigenvalue weighted by molar-refractivity contribution is -0.150. The van der Waals surface area contributed by atoms with Crippen molar-refractivity contribution in [3.8, 4) is 0 Å². The molecule has 4 N–H and O–H groups in total. The van der Waals surface area contributed by atoms with Gasteiger partial charge in [0, 0.05) is 0 Å². The first-order valence-electron chi connectivity index (χ1n) is 7.92. The van der Waals surface area contributed by atoms with Crippen LogP contribution in [0.4, 0.5) is 4.79 Å². The summed E-state index contributed by atoms with van der Waals surface area (Å²) in [4.78, 5) is 35.8. The predicted octanol–water partition coefficient (Wildman–Crippen LogP) is -1.45. The number of aliphatic hydroxyl groups excluding tert-OH is 3. The second-order valence-corrected chi connectivity index (χ2v) is 5.96. The molecule has 10 nitrogen and oxygen atoms in total. The Labute approximate surface area is 147 Å². The van der Waals surface area contributed by atoms with Crippen LogP contribution in [0.5, 0.6) is 0 Å². The zero-order chi connectivity index (χ0) is 18.8. The number of amides is 3. The third-order valence-corrected chi connectivity index (χ3v) is 4.17. The number of esters is 1. The molecule has 0 spiro atoms. The lowest BCUT2D eigenvalue weighted by atomic mass is 10.1. The molecule has 2 fully saturated rings. The fourth-order valence-corrected chi connectivity index (χ4v) is 2.83. The van der Waals surface area contributed by atoms with Crippen LogP contribution in [0.2, 0.25) is 0 Å². The average Bonchev–Trinajstić information content (AvgIpc) is 2.88. The first-order chi connectivity index (χ1) is 12.4. The van der Waals surface area contributed by atoms with Crippen molar-refractivity contribution < 1.29 is 39.2 Å². The second kappa shape index (κ2) is 7.38. The summed E-state index contributed by atoms with van der Waals surface area (Å²) in [7, 11) is 0. The molecule has 0 saturated carbocycles. The van der Waals surface area contributed by atoms with Crippen molar-refractivity contribution in [3.05, 3.63) is 35.9 Å². The maximum absolute atomic E-state index is 11.9. The van der Waals surface area contributed by atoms with Gasteiger partial charge in [0.05, 0.1) is 12.0 Å². The van der Waals surface area contributed by atoms with Gasteiger partial charge in [0.15, 0.2) is 6.23 Å². The van der Waals surface area contributed by atoms with E-state index in [4.69, 9.17) is 9.47 Å². The Balaban J connectivity index is 1.63. The van der Waals surface area contributed by atoms with Crippen molar-refractivity contribution in [2.45, 2.75) is 37.2 Å². The highest BCUT2D eigenvalue weighted by Crippen LogP contribution is 2.27. The summed E-state index contributed by atoms with van der Waals surface area (Å²) in [5, 5.41) is 32.1. The first kappa shape index (κ1) is 18.3. The zero-order valence-corrected chi connectivity index (χ0v) is 13.5. The van der Waals surface area contributed by atoms with E-state index in [-0.39, 0.29) is 13.0 Å². The highest BCUT2D eigenvalue weighted by molar-refractivity contribution is 5.97. The molecular weight excluding hydrogens is 348 g/mol. The molecule has 10 heteroatoms. The number of rotatable bonds is 4. The van der Waals surface area contributed by atoms with Gasteiger partial charge >= 0.3 is 12.0 Å². The molecule has 1 aromatic carbocycles. The summed E-state index contributed by atoms with van der Waals surface area (Å²) in [6, 6.07) is 7.21. The van der Waals surface area contributed by atoms with Crippen molar-refractivity contribution >= 4 is 17.9 Å². The number of nitrogens with zero attached hydrogens (tertiary/aromatic N) is 1. The van der Waals surface area contributed by atoms with Gasteiger partial charge in [-0.2, -0.15) is 0 Å². The van der Waals surface area contributed by atoms with Gasteiger partial charge in [0.2, 0.25) is 5.91 Å². The van der Waals surface area contributed by atoms with E-state index in [0.29, 0.717) is 5.56 Å². The minimum absolute atomic E-state index is 0.307. The minimum atomic E-state index is -1.55. The molecule has 2 aliphatic rings. The number of urea groups is 1. The van der Waals surface area contributed by atoms with Gasteiger partial charge in [-0.3, -0.25) is 15.0 Å². The van der Waals surface area contributed by atoms with Gasteiger partial charge in [0.1, 0.15) is 31.1 Å². The number of carbonyl (C=O) groups is 3. The van der Waals surface area contributed by atoms with Crippen molar-refractivity contribution in [2.24, 2.45) is 0 Å². The molecule has 0 radical (unpaired) electrons.